The number of nitrogens with two attached hydrogens (primary N) is 1. The van der Waals surface area contributed by atoms with E-state index in [0.717, 1.165) is 14.9 Å². The van der Waals surface area contributed by atoms with Crippen molar-refractivity contribution in [1.29, 1.82) is 0 Å². The maximum atomic E-state index is 12.2. The molecule has 0 heterocycles. The molecule has 114 valence electrons. The van der Waals surface area contributed by atoms with Gasteiger partial charge in [0.25, 0.3) is 0 Å². The highest BCUT2D eigenvalue weighted by Crippen LogP contribution is 2.17. The van der Waals surface area contributed by atoms with Gasteiger partial charge in [-0.15, -0.1) is 0 Å². The molecular weight excluding hydrogens is 342 g/mol. The zero-order valence-electron chi connectivity index (χ0n) is 11.5. The van der Waals surface area contributed by atoms with Crippen LogP contribution in [0.25, 0.3) is 0 Å². The van der Waals surface area contributed by atoms with Crippen LogP contribution in [0.1, 0.15) is 5.56 Å². The Hall–Kier alpha value is -2.09. The lowest BCUT2D eigenvalue weighted by Crippen LogP contribution is -2.47. The van der Waals surface area contributed by atoms with Crippen molar-refractivity contribution in [3.05, 3.63) is 34.3 Å². The van der Waals surface area contributed by atoms with Crippen LogP contribution in [-0.4, -0.2) is 53.0 Å². The molecule has 3 amide bonds. The average molecular weight is 358 g/mol. The predicted octanol–water partition coefficient (Wildman–Crippen LogP) is 0.873. The van der Waals surface area contributed by atoms with Crippen molar-refractivity contribution in [2.45, 2.75) is 6.54 Å². The van der Waals surface area contributed by atoms with Gasteiger partial charge in [0, 0.05) is 18.1 Å². The Morgan fingerprint density at radius 2 is 1.86 bits per heavy atom. The van der Waals surface area contributed by atoms with Crippen LogP contribution in [-0.2, 0) is 16.1 Å². The molecule has 0 aliphatic rings. The van der Waals surface area contributed by atoms with Crippen molar-refractivity contribution in [2.24, 2.45) is 5.73 Å². The Balaban J connectivity index is 2.80. The number of hydrogen-bond donors (Lipinski definition) is 2. The summed E-state index contributed by atoms with van der Waals surface area (Å²) in [5.74, 6) is -1.97. The molecule has 0 saturated heterocycles. The SMILES string of the molecule is CN(Cc1ccccc1Br)C(=O)N(CC(N)=O)CC(=O)O. The number of rotatable bonds is 6. The first-order valence-electron chi connectivity index (χ1n) is 6.04. The Morgan fingerprint density at radius 3 is 2.38 bits per heavy atom. The molecule has 0 aliphatic carbocycles. The molecule has 0 aromatic heterocycles. The minimum absolute atomic E-state index is 0.273. The summed E-state index contributed by atoms with van der Waals surface area (Å²) in [5.41, 5.74) is 5.90. The van der Waals surface area contributed by atoms with Crippen LogP contribution in [0.2, 0.25) is 0 Å². The quantitative estimate of drug-likeness (QED) is 0.788. The van der Waals surface area contributed by atoms with Crippen molar-refractivity contribution in [3.63, 3.8) is 0 Å². The molecule has 0 unspecified atom stereocenters. The normalized spacial score (nSPS) is 10.0. The largest absolute Gasteiger partial charge is 0.480 e. The maximum Gasteiger partial charge on any atom is 0.323 e. The van der Waals surface area contributed by atoms with E-state index in [1.54, 1.807) is 0 Å². The van der Waals surface area contributed by atoms with Gasteiger partial charge >= 0.3 is 12.0 Å². The molecule has 1 rings (SSSR count). The van der Waals surface area contributed by atoms with Crippen LogP contribution in [0.5, 0.6) is 0 Å². The number of hydrogen-bond acceptors (Lipinski definition) is 3. The van der Waals surface area contributed by atoms with Gasteiger partial charge in [-0.2, -0.15) is 0 Å². The Bertz CT molecular complexity index is 534. The second-order valence-electron chi connectivity index (χ2n) is 4.45. The summed E-state index contributed by atoms with van der Waals surface area (Å²) < 4.78 is 0.837. The van der Waals surface area contributed by atoms with Crippen molar-refractivity contribution < 1.29 is 19.5 Å². The molecular formula is C13H16BrN3O4. The lowest BCUT2D eigenvalue weighted by molar-refractivity contribution is -0.138. The van der Waals surface area contributed by atoms with Gasteiger partial charge < -0.3 is 20.6 Å². The van der Waals surface area contributed by atoms with Gasteiger partial charge in [-0.3, -0.25) is 9.59 Å². The number of amides is 3. The van der Waals surface area contributed by atoms with Crippen molar-refractivity contribution in [3.8, 4) is 0 Å². The van der Waals surface area contributed by atoms with Crippen molar-refractivity contribution >= 4 is 33.8 Å². The zero-order chi connectivity index (χ0) is 16.0. The monoisotopic (exact) mass is 357 g/mol. The molecule has 0 spiro atoms. The van der Waals surface area contributed by atoms with Gasteiger partial charge in [-0.05, 0) is 11.6 Å². The van der Waals surface area contributed by atoms with Gasteiger partial charge in [0.2, 0.25) is 5.91 Å². The molecule has 1 aromatic rings. The number of aliphatic carboxylic acids is 1. The lowest BCUT2D eigenvalue weighted by atomic mass is 10.2. The number of carbonyl (C=O) groups excluding carboxylic acids is 2. The summed E-state index contributed by atoms with van der Waals surface area (Å²) in [5, 5.41) is 8.79. The number of halogens is 1. The van der Waals surface area contributed by atoms with Crippen molar-refractivity contribution in [2.75, 3.05) is 20.1 Å². The van der Waals surface area contributed by atoms with Crippen LogP contribution < -0.4 is 5.73 Å². The molecule has 7 nitrogen and oxygen atoms in total. The Kier molecular flexibility index (Phi) is 6.16. The number of urea groups is 1. The first kappa shape index (κ1) is 17.0. The van der Waals surface area contributed by atoms with Gasteiger partial charge in [-0.1, -0.05) is 34.1 Å². The molecule has 8 heteroatoms. The summed E-state index contributed by atoms with van der Waals surface area (Å²) in [6, 6.07) is 6.78. The summed E-state index contributed by atoms with van der Waals surface area (Å²) in [6.07, 6.45) is 0. The van der Waals surface area contributed by atoms with E-state index >= 15 is 0 Å². The van der Waals surface area contributed by atoms with E-state index in [1.807, 2.05) is 24.3 Å². The van der Waals surface area contributed by atoms with E-state index in [-0.39, 0.29) is 6.54 Å². The summed E-state index contributed by atoms with van der Waals surface area (Å²) >= 11 is 3.37. The van der Waals surface area contributed by atoms with E-state index < -0.39 is 31.0 Å². The molecule has 0 aliphatic heterocycles. The summed E-state index contributed by atoms with van der Waals surface area (Å²) in [6.45, 7) is -0.747. The van der Waals surface area contributed by atoms with Crippen LogP contribution in [0.3, 0.4) is 0 Å². The fourth-order valence-corrected chi connectivity index (χ4v) is 2.14. The molecule has 1 aromatic carbocycles. The van der Waals surface area contributed by atoms with Crippen LogP contribution in [0, 0.1) is 0 Å². The second kappa shape index (κ2) is 7.63. The van der Waals surface area contributed by atoms with Crippen LogP contribution in [0.15, 0.2) is 28.7 Å². The number of carbonyl (C=O) groups is 3. The summed E-state index contributed by atoms with van der Waals surface area (Å²) in [4.78, 5) is 36.1. The number of primary amides is 1. The third-order valence-corrected chi connectivity index (χ3v) is 3.41. The standard InChI is InChI=1S/C13H16BrN3O4/c1-16(6-9-4-2-3-5-10(9)14)13(21)17(7-11(15)18)8-12(19)20/h2-5H,6-8H2,1H3,(H2,15,18)(H,19,20). The first-order valence-corrected chi connectivity index (χ1v) is 6.84. The first-order chi connectivity index (χ1) is 9.81. The molecule has 0 saturated carbocycles. The van der Waals surface area contributed by atoms with Gasteiger partial charge in [0.15, 0.2) is 0 Å². The third kappa shape index (κ3) is 5.42. The molecule has 0 bridgehead atoms. The van der Waals surface area contributed by atoms with Crippen molar-refractivity contribution in [1.82, 2.24) is 9.80 Å². The molecule has 0 atom stereocenters. The Labute approximate surface area is 130 Å². The topological polar surface area (TPSA) is 104 Å². The van der Waals surface area contributed by atoms with E-state index in [9.17, 15) is 14.4 Å². The number of carboxylic acid groups (broad SMARTS) is 1. The highest BCUT2D eigenvalue weighted by Gasteiger charge is 2.22. The minimum Gasteiger partial charge on any atom is -0.480 e. The molecule has 0 radical (unpaired) electrons. The van der Waals surface area contributed by atoms with E-state index in [0.29, 0.717) is 0 Å². The molecule has 0 fully saturated rings. The fourth-order valence-electron chi connectivity index (χ4n) is 1.73. The van der Waals surface area contributed by atoms with Crippen LogP contribution >= 0.6 is 15.9 Å². The third-order valence-electron chi connectivity index (χ3n) is 2.64. The highest BCUT2D eigenvalue weighted by atomic mass is 79.9. The van der Waals surface area contributed by atoms with Gasteiger partial charge in [-0.25, -0.2) is 4.79 Å². The second-order valence-corrected chi connectivity index (χ2v) is 5.30. The molecule has 21 heavy (non-hydrogen) atoms. The fraction of sp³-hybridized carbons (Fsp3) is 0.308. The average Bonchev–Trinajstić information content (AvgIpc) is 2.38. The highest BCUT2D eigenvalue weighted by molar-refractivity contribution is 9.10. The smallest absolute Gasteiger partial charge is 0.323 e. The van der Waals surface area contributed by atoms with Gasteiger partial charge in [0.1, 0.15) is 13.1 Å². The van der Waals surface area contributed by atoms with E-state index in [1.165, 1.54) is 11.9 Å². The van der Waals surface area contributed by atoms with E-state index in [2.05, 4.69) is 15.9 Å². The molecule has 3 N–H and O–H groups in total. The minimum atomic E-state index is -1.21. The number of carboxylic acids is 1. The predicted molar refractivity (Wildman–Crippen MR) is 79.4 cm³/mol. The lowest BCUT2D eigenvalue weighted by Gasteiger charge is -2.26. The number of benzene rings is 1. The zero-order valence-corrected chi connectivity index (χ0v) is 13.0. The van der Waals surface area contributed by atoms with Crippen LogP contribution in [0.4, 0.5) is 4.79 Å². The number of nitrogens with zero attached hydrogens (tertiary/aromatic N) is 2. The van der Waals surface area contributed by atoms with Gasteiger partial charge in [0.05, 0.1) is 0 Å². The summed E-state index contributed by atoms with van der Waals surface area (Å²) in [7, 11) is 1.53. The maximum absolute atomic E-state index is 12.2. The Morgan fingerprint density at radius 1 is 1.24 bits per heavy atom. The van der Waals surface area contributed by atoms with E-state index in [4.69, 9.17) is 10.8 Å².